The second kappa shape index (κ2) is 5.41. The van der Waals surface area contributed by atoms with E-state index in [2.05, 4.69) is 0 Å². The van der Waals surface area contributed by atoms with Crippen LogP contribution in [0.5, 0.6) is 0 Å². The first-order chi connectivity index (χ1) is 7.77. The third-order valence-electron chi connectivity index (χ3n) is 2.59. The SMILES string of the molecule is O=C(O)c1ccoc1CSC1CCOCC1. The Kier molecular flexibility index (Phi) is 3.90. The maximum Gasteiger partial charge on any atom is 0.339 e. The summed E-state index contributed by atoms with van der Waals surface area (Å²) < 4.78 is 10.5. The van der Waals surface area contributed by atoms with Crippen molar-refractivity contribution in [3.8, 4) is 0 Å². The summed E-state index contributed by atoms with van der Waals surface area (Å²) in [6, 6.07) is 1.50. The summed E-state index contributed by atoms with van der Waals surface area (Å²) in [5.41, 5.74) is 0.277. The summed E-state index contributed by atoms with van der Waals surface area (Å²) in [7, 11) is 0. The van der Waals surface area contributed by atoms with Gasteiger partial charge >= 0.3 is 5.97 Å². The molecule has 1 aliphatic rings. The Balaban J connectivity index is 1.88. The van der Waals surface area contributed by atoms with Gasteiger partial charge in [-0.1, -0.05) is 0 Å². The summed E-state index contributed by atoms with van der Waals surface area (Å²) in [5, 5.41) is 9.46. The second-order valence-electron chi connectivity index (χ2n) is 3.69. The van der Waals surface area contributed by atoms with Crippen LogP contribution in [0.25, 0.3) is 0 Å². The topological polar surface area (TPSA) is 59.7 Å². The molecule has 1 aliphatic heterocycles. The number of furan rings is 1. The molecule has 0 saturated carbocycles. The smallest absolute Gasteiger partial charge is 0.339 e. The Morgan fingerprint density at radius 2 is 2.25 bits per heavy atom. The van der Waals surface area contributed by atoms with Crippen LogP contribution in [-0.4, -0.2) is 29.5 Å². The van der Waals surface area contributed by atoms with Gasteiger partial charge in [0.25, 0.3) is 0 Å². The number of rotatable bonds is 4. The maximum atomic E-state index is 10.8. The maximum absolute atomic E-state index is 10.8. The zero-order chi connectivity index (χ0) is 11.4. The standard InChI is InChI=1S/C11H14O4S/c12-11(13)9-3-6-15-10(9)7-16-8-1-4-14-5-2-8/h3,6,8H,1-2,4-5,7H2,(H,12,13). The lowest BCUT2D eigenvalue weighted by atomic mass is 10.2. The summed E-state index contributed by atoms with van der Waals surface area (Å²) in [6.45, 7) is 1.61. The highest BCUT2D eigenvalue weighted by atomic mass is 32.2. The van der Waals surface area contributed by atoms with Gasteiger partial charge in [0, 0.05) is 18.5 Å². The van der Waals surface area contributed by atoms with E-state index in [-0.39, 0.29) is 5.56 Å². The number of thioether (sulfide) groups is 1. The molecule has 2 rings (SSSR count). The summed E-state index contributed by atoms with van der Waals surface area (Å²) >= 11 is 1.75. The van der Waals surface area contributed by atoms with E-state index in [0.717, 1.165) is 26.1 Å². The van der Waals surface area contributed by atoms with Gasteiger partial charge in [0.15, 0.2) is 0 Å². The van der Waals surface area contributed by atoms with Crippen LogP contribution in [0, 0.1) is 0 Å². The van der Waals surface area contributed by atoms with Crippen molar-refractivity contribution in [1.82, 2.24) is 0 Å². The highest BCUT2D eigenvalue weighted by Crippen LogP contribution is 2.27. The molecule has 0 aliphatic carbocycles. The normalized spacial score (nSPS) is 17.5. The van der Waals surface area contributed by atoms with E-state index in [0.29, 0.717) is 16.8 Å². The van der Waals surface area contributed by atoms with E-state index in [1.807, 2.05) is 0 Å². The zero-order valence-electron chi connectivity index (χ0n) is 8.85. The predicted molar refractivity (Wildman–Crippen MR) is 60.8 cm³/mol. The zero-order valence-corrected chi connectivity index (χ0v) is 9.66. The molecule has 0 atom stereocenters. The van der Waals surface area contributed by atoms with Crippen molar-refractivity contribution < 1.29 is 19.1 Å². The van der Waals surface area contributed by atoms with Crippen molar-refractivity contribution in [2.24, 2.45) is 0 Å². The van der Waals surface area contributed by atoms with E-state index in [9.17, 15) is 4.79 Å². The molecule has 0 aromatic carbocycles. The largest absolute Gasteiger partial charge is 0.478 e. The minimum Gasteiger partial charge on any atom is -0.478 e. The lowest BCUT2D eigenvalue weighted by Gasteiger charge is -2.20. The fourth-order valence-electron chi connectivity index (χ4n) is 1.68. The molecule has 0 spiro atoms. The molecule has 4 nitrogen and oxygen atoms in total. The van der Waals surface area contributed by atoms with Gasteiger partial charge in [0.1, 0.15) is 11.3 Å². The highest BCUT2D eigenvalue weighted by molar-refractivity contribution is 7.99. The molecule has 1 saturated heterocycles. The van der Waals surface area contributed by atoms with Gasteiger partial charge in [0.05, 0.1) is 12.0 Å². The number of ether oxygens (including phenoxy) is 1. The molecule has 0 bridgehead atoms. The summed E-state index contributed by atoms with van der Waals surface area (Å²) in [4.78, 5) is 10.8. The van der Waals surface area contributed by atoms with Gasteiger partial charge in [-0.2, -0.15) is 11.8 Å². The molecule has 1 aromatic rings. The van der Waals surface area contributed by atoms with Crippen molar-refractivity contribution >= 4 is 17.7 Å². The van der Waals surface area contributed by atoms with Crippen LogP contribution >= 0.6 is 11.8 Å². The van der Waals surface area contributed by atoms with Crippen LogP contribution < -0.4 is 0 Å². The fraction of sp³-hybridized carbons (Fsp3) is 0.545. The molecular formula is C11H14O4S. The van der Waals surface area contributed by atoms with Gasteiger partial charge in [-0.05, 0) is 18.9 Å². The molecule has 1 aromatic heterocycles. The van der Waals surface area contributed by atoms with Crippen LogP contribution in [0.3, 0.4) is 0 Å². The van der Waals surface area contributed by atoms with Crippen LogP contribution in [0.15, 0.2) is 16.7 Å². The molecule has 5 heteroatoms. The van der Waals surface area contributed by atoms with Gasteiger partial charge in [-0.3, -0.25) is 0 Å². The van der Waals surface area contributed by atoms with Gasteiger partial charge in [0.2, 0.25) is 0 Å². The van der Waals surface area contributed by atoms with E-state index >= 15 is 0 Å². The Bertz CT molecular complexity index is 355. The summed E-state index contributed by atoms with van der Waals surface area (Å²) in [5.74, 6) is 0.263. The first kappa shape index (κ1) is 11.5. The van der Waals surface area contributed by atoms with Gasteiger partial charge in [-0.15, -0.1) is 0 Å². The minimum absolute atomic E-state index is 0.277. The quantitative estimate of drug-likeness (QED) is 0.878. The summed E-state index contributed by atoms with van der Waals surface area (Å²) in [6.07, 6.45) is 3.50. The highest BCUT2D eigenvalue weighted by Gasteiger charge is 2.18. The Hall–Kier alpha value is -0.940. The van der Waals surface area contributed by atoms with E-state index in [1.54, 1.807) is 11.8 Å². The third-order valence-corrected chi connectivity index (χ3v) is 3.97. The molecule has 0 unspecified atom stereocenters. The average Bonchev–Trinajstić information content (AvgIpc) is 2.76. The van der Waals surface area contributed by atoms with Crippen LogP contribution in [-0.2, 0) is 10.5 Å². The van der Waals surface area contributed by atoms with Crippen LogP contribution in [0.1, 0.15) is 29.0 Å². The lowest BCUT2D eigenvalue weighted by molar-refractivity contribution is 0.0695. The molecule has 1 fully saturated rings. The fourth-order valence-corrected chi connectivity index (χ4v) is 2.82. The first-order valence-electron chi connectivity index (χ1n) is 5.26. The number of carboxylic acids is 1. The second-order valence-corrected chi connectivity index (χ2v) is 4.97. The number of hydrogen-bond acceptors (Lipinski definition) is 4. The number of carboxylic acid groups (broad SMARTS) is 1. The van der Waals surface area contributed by atoms with Crippen LogP contribution in [0.4, 0.5) is 0 Å². The van der Waals surface area contributed by atoms with E-state index in [4.69, 9.17) is 14.3 Å². The minimum atomic E-state index is -0.920. The molecule has 16 heavy (non-hydrogen) atoms. The van der Waals surface area contributed by atoms with E-state index in [1.165, 1.54) is 12.3 Å². The van der Waals surface area contributed by atoms with E-state index < -0.39 is 5.97 Å². The molecule has 0 amide bonds. The van der Waals surface area contributed by atoms with Crippen LogP contribution in [0.2, 0.25) is 0 Å². The number of carbonyl (C=O) groups is 1. The Labute approximate surface area is 98.0 Å². The number of hydrogen-bond donors (Lipinski definition) is 1. The Morgan fingerprint density at radius 3 is 2.94 bits per heavy atom. The Morgan fingerprint density at radius 1 is 1.50 bits per heavy atom. The van der Waals surface area contributed by atoms with Gasteiger partial charge < -0.3 is 14.3 Å². The van der Waals surface area contributed by atoms with Crippen molar-refractivity contribution in [3.63, 3.8) is 0 Å². The monoisotopic (exact) mass is 242 g/mol. The average molecular weight is 242 g/mol. The molecule has 2 heterocycles. The predicted octanol–water partition coefficient (Wildman–Crippen LogP) is 2.39. The molecular weight excluding hydrogens is 228 g/mol. The lowest BCUT2D eigenvalue weighted by Crippen LogP contribution is -2.17. The number of aromatic carboxylic acids is 1. The molecule has 88 valence electrons. The van der Waals surface area contributed by atoms with Crippen molar-refractivity contribution in [2.75, 3.05) is 13.2 Å². The third kappa shape index (κ3) is 2.80. The molecule has 1 N–H and O–H groups in total. The van der Waals surface area contributed by atoms with Crippen molar-refractivity contribution in [1.29, 1.82) is 0 Å². The molecule has 0 radical (unpaired) electrons. The van der Waals surface area contributed by atoms with Gasteiger partial charge in [-0.25, -0.2) is 4.79 Å². The first-order valence-corrected chi connectivity index (χ1v) is 6.31. The van der Waals surface area contributed by atoms with Crippen molar-refractivity contribution in [2.45, 2.75) is 23.8 Å². The van der Waals surface area contributed by atoms with Crippen molar-refractivity contribution in [3.05, 3.63) is 23.7 Å².